The van der Waals surface area contributed by atoms with E-state index in [0.717, 1.165) is 19.6 Å². The molecule has 0 bridgehead atoms. The van der Waals surface area contributed by atoms with E-state index < -0.39 is 0 Å². The molecule has 1 fully saturated rings. The van der Waals surface area contributed by atoms with Crippen molar-refractivity contribution in [1.82, 2.24) is 10.2 Å². The molecule has 0 amide bonds. The minimum atomic E-state index is -0.135. The molecule has 1 saturated heterocycles. The maximum absolute atomic E-state index is 11.6. The standard InChI is InChI=1S/C14H28N2O2.ClH/c1-5-18-13(17)9-14(2,3)16(4)11-12-7-6-8-15-10-12;/h12,15H,5-11H2,1-4H3;1H. The Labute approximate surface area is 123 Å². The van der Waals surface area contributed by atoms with Crippen molar-refractivity contribution in [1.29, 1.82) is 0 Å². The Morgan fingerprint density at radius 2 is 2.16 bits per heavy atom. The number of piperidine rings is 1. The molecule has 1 aliphatic heterocycles. The van der Waals surface area contributed by atoms with E-state index in [1.54, 1.807) is 0 Å². The van der Waals surface area contributed by atoms with Crippen LogP contribution in [0.5, 0.6) is 0 Å². The van der Waals surface area contributed by atoms with Crippen molar-refractivity contribution in [2.24, 2.45) is 5.92 Å². The molecule has 19 heavy (non-hydrogen) atoms. The van der Waals surface area contributed by atoms with Gasteiger partial charge in [-0.05, 0) is 59.7 Å². The Morgan fingerprint density at radius 1 is 1.47 bits per heavy atom. The van der Waals surface area contributed by atoms with E-state index in [-0.39, 0.29) is 23.9 Å². The highest BCUT2D eigenvalue weighted by Gasteiger charge is 2.29. The van der Waals surface area contributed by atoms with Gasteiger partial charge in [0.25, 0.3) is 0 Å². The normalized spacial score (nSPS) is 19.9. The smallest absolute Gasteiger partial charge is 0.307 e. The molecule has 1 rings (SSSR count). The number of rotatable bonds is 6. The SMILES string of the molecule is CCOC(=O)CC(C)(C)N(C)CC1CCCNC1.Cl. The van der Waals surface area contributed by atoms with Crippen LogP contribution in [0.3, 0.4) is 0 Å². The second kappa shape index (κ2) is 8.77. The molecule has 0 spiro atoms. The monoisotopic (exact) mass is 292 g/mol. The second-order valence-electron chi connectivity index (χ2n) is 5.89. The van der Waals surface area contributed by atoms with Crippen molar-refractivity contribution >= 4 is 18.4 Å². The van der Waals surface area contributed by atoms with Crippen molar-refractivity contribution in [3.8, 4) is 0 Å². The van der Waals surface area contributed by atoms with Gasteiger partial charge in [0.05, 0.1) is 13.0 Å². The third-order valence-corrected chi connectivity index (χ3v) is 3.85. The van der Waals surface area contributed by atoms with Crippen LogP contribution in [0, 0.1) is 5.92 Å². The van der Waals surface area contributed by atoms with Gasteiger partial charge in [0.15, 0.2) is 0 Å². The van der Waals surface area contributed by atoms with Crippen molar-refractivity contribution in [3.05, 3.63) is 0 Å². The van der Waals surface area contributed by atoms with Crippen molar-refractivity contribution in [3.63, 3.8) is 0 Å². The number of esters is 1. The third-order valence-electron chi connectivity index (χ3n) is 3.85. The van der Waals surface area contributed by atoms with E-state index in [0.29, 0.717) is 18.9 Å². The highest BCUT2D eigenvalue weighted by atomic mass is 35.5. The largest absolute Gasteiger partial charge is 0.466 e. The van der Waals surface area contributed by atoms with Crippen LogP contribution in [0.25, 0.3) is 0 Å². The number of carbonyl (C=O) groups is 1. The molecule has 0 aromatic rings. The van der Waals surface area contributed by atoms with Crippen LogP contribution in [0.15, 0.2) is 0 Å². The first-order chi connectivity index (χ1) is 8.45. The Morgan fingerprint density at radius 3 is 2.68 bits per heavy atom. The first-order valence-electron chi connectivity index (χ1n) is 7.03. The van der Waals surface area contributed by atoms with Crippen LogP contribution < -0.4 is 5.32 Å². The second-order valence-corrected chi connectivity index (χ2v) is 5.89. The van der Waals surface area contributed by atoms with Gasteiger partial charge in [0.2, 0.25) is 0 Å². The predicted octanol–water partition coefficient (Wildman–Crippen LogP) is 2.07. The van der Waals surface area contributed by atoms with E-state index >= 15 is 0 Å². The highest BCUT2D eigenvalue weighted by molar-refractivity contribution is 5.85. The fraction of sp³-hybridized carbons (Fsp3) is 0.929. The fourth-order valence-electron chi connectivity index (χ4n) is 2.41. The lowest BCUT2D eigenvalue weighted by atomic mass is 9.94. The predicted molar refractivity (Wildman–Crippen MR) is 80.8 cm³/mol. The van der Waals surface area contributed by atoms with Crippen molar-refractivity contribution < 1.29 is 9.53 Å². The molecular formula is C14H29ClN2O2. The van der Waals surface area contributed by atoms with Gasteiger partial charge in [-0.2, -0.15) is 0 Å². The minimum Gasteiger partial charge on any atom is -0.466 e. The summed E-state index contributed by atoms with van der Waals surface area (Å²) in [5.74, 6) is 0.598. The number of carbonyl (C=O) groups excluding carboxylic acids is 1. The molecule has 5 heteroatoms. The molecule has 0 aliphatic carbocycles. The minimum absolute atomic E-state index is 0. The first kappa shape index (κ1) is 18.7. The molecule has 1 N–H and O–H groups in total. The third kappa shape index (κ3) is 6.59. The van der Waals surface area contributed by atoms with Gasteiger partial charge in [-0.3, -0.25) is 4.79 Å². The highest BCUT2D eigenvalue weighted by Crippen LogP contribution is 2.21. The number of nitrogens with zero attached hydrogens (tertiary/aromatic N) is 1. The zero-order valence-corrected chi connectivity index (χ0v) is 13.5. The van der Waals surface area contributed by atoms with Crippen LogP contribution in [0.4, 0.5) is 0 Å². The average Bonchev–Trinajstić information content (AvgIpc) is 2.29. The number of hydrogen-bond acceptors (Lipinski definition) is 4. The van der Waals surface area contributed by atoms with E-state index in [9.17, 15) is 4.79 Å². The molecule has 114 valence electrons. The zero-order valence-electron chi connectivity index (χ0n) is 12.7. The van der Waals surface area contributed by atoms with Crippen LogP contribution >= 0.6 is 12.4 Å². The lowest BCUT2D eigenvalue weighted by Crippen LogP contribution is -2.47. The van der Waals surface area contributed by atoms with Gasteiger partial charge >= 0.3 is 5.97 Å². The van der Waals surface area contributed by atoms with Gasteiger partial charge in [0.1, 0.15) is 0 Å². The molecule has 4 nitrogen and oxygen atoms in total. The summed E-state index contributed by atoms with van der Waals surface area (Å²) in [4.78, 5) is 13.9. The number of hydrogen-bond donors (Lipinski definition) is 1. The van der Waals surface area contributed by atoms with Gasteiger partial charge < -0.3 is 15.0 Å². The maximum Gasteiger partial charge on any atom is 0.307 e. The van der Waals surface area contributed by atoms with E-state index in [1.165, 1.54) is 12.8 Å². The van der Waals surface area contributed by atoms with Crippen LogP contribution in [0.1, 0.15) is 40.0 Å². The lowest BCUT2D eigenvalue weighted by molar-refractivity contribution is -0.146. The molecule has 1 unspecified atom stereocenters. The van der Waals surface area contributed by atoms with E-state index in [4.69, 9.17) is 4.74 Å². The molecular weight excluding hydrogens is 264 g/mol. The van der Waals surface area contributed by atoms with Crippen LogP contribution in [-0.2, 0) is 9.53 Å². The lowest BCUT2D eigenvalue weighted by Gasteiger charge is -2.38. The van der Waals surface area contributed by atoms with Gasteiger partial charge in [-0.15, -0.1) is 12.4 Å². The summed E-state index contributed by atoms with van der Waals surface area (Å²) < 4.78 is 5.04. The van der Waals surface area contributed by atoms with Gasteiger partial charge in [0, 0.05) is 12.1 Å². The molecule has 0 aromatic heterocycles. The van der Waals surface area contributed by atoms with Gasteiger partial charge in [-0.25, -0.2) is 0 Å². The Balaban J connectivity index is 0.00000324. The Bertz CT molecular complexity index is 266. The Hall–Kier alpha value is -0.320. The van der Waals surface area contributed by atoms with Crippen molar-refractivity contribution in [2.45, 2.75) is 45.6 Å². The molecule has 1 atom stereocenters. The maximum atomic E-state index is 11.6. The summed E-state index contributed by atoms with van der Waals surface area (Å²) >= 11 is 0. The van der Waals surface area contributed by atoms with Crippen molar-refractivity contribution in [2.75, 3.05) is 33.3 Å². The first-order valence-corrected chi connectivity index (χ1v) is 7.03. The fourth-order valence-corrected chi connectivity index (χ4v) is 2.41. The Kier molecular flexibility index (Phi) is 8.62. The number of ether oxygens (including phenoxy) is 1. The summed E-state index contributed by atoms with van der Waals surface area (Å²) in [6.07, 6.45) is 3.00. The molecule has 1 aliphatic rings. The molecule has 0 radical (unpaired) electrons. The molecule has 1 heterocycles. The number of halogens is 1. The molecule has 0 aromatic carbocycles. The quantitative estimate of drug-likeness (QED) is 0.761. The number of nitrogens with one attached hydrogen (secondary N) is 1. The summed E-state index contributed by atoms with van der Waals surface area (Å²) in [5, 5.41) is 3.43. The van der Waals surface area contributed by atoms with Crippen LogP contribution in [-0.4, -0.2) is 49.7 Å². The molecule has 0 saturated carbocycles. The summed E-state index contributed by atoms with van der Waals surface area (Å²) in [6, 6.07) is 0. The van der Waals surface area contributed by atoms with E-state index in [1.807, 2.05) is 6.92 Å². The summed E-state index contributed by atoms with van der Waals surface area (Å²) in [7, 11) is 2.10. The van der Waals surface area contributed by atoms with Crippen LogP contribution in [0.2, 0.25) is 0 Å². The summed E-state index contributed by atoms with van der Waals surface area (Å²) in [6.45, 7) is 9.82. The van der Waals surface area contributed by atoms with E-state index in [2.05, 4.69) is 31.1 Å². The summed E-state index contributed by atoms with van der Waals surface area (Å²) in [5.41, 5.74) is -0.135. The zero-order chi connectivity index (χ0) is 13.6. The average molecular weight is 293 g/mol. The topological polar surface area (TPSA) is 41.6 Å². The van der Waals surface area contributed by atoms with Gasteiger partial charge in [-0.1, -0.05) is 0 Å².